The van der Waals surface area contributed by atoms with Gasteiger partial charge in [0.05, 0.1) is 24.4 Å². The quantitative estimate of drug-likeness (QED) is 0.154. The molecule has 5 rings (SSSR count). The Balaban J connectivity index is 1.26. The minimum Gasteiger partial charge on any atom is -0.388 e. The van der Waals surface area contributed by atoms with Gasteiger partial charge in [-0.25, -0.2) is 0 Å². The second kappa shape index (κ2) is 12.6. The van der Waals surface area contributed by atoms with Gasteiger partial charge in [0.15, 0.2) is 12.6 Å². The lowest BCUT2D eigenvalue weighted by Crippen LogP contribution is -2.68. The van der Waals surface area contributed by atoms with Crippen molar-refractivity contribution < 1.29 is 44.1 Å². The summed E-state index contributed by atoms with van der Waals surface area (Å²) in [7, 11) is 0. The van der Waals surface area contributed by atoms with Crippen LogP contribution in [0.1, 0.15) is 51.4 Å². The Bertz CT molecular complexity index is 838. The van der Waals surface area contributed by atoms with Crippen LogP contribution in [-0.2, 0) is 23.7 Å². The first-order valence-corrected chi connectivity index (χ1v) is 14.8. The Labute approximate surface area is 234 Å². The number of fused-ring (bicyclic) bond motifs is 1. The van der Waals surface area contributed by atoms with E-state index in [0.717, 1.165) is 38.5 Å². The standard InChI is InChI=1S/C26H49N5O9/c27-9-14-18(32)19(33)17(31)24(37-14)39-22-12(28)8-13(29)23(21(22)35)40-25-20(34)16(30)11-4-7-26(5-2-1-3-6-26)36-10-15(11)38-25/h11-25,32-35H,1-10,27-31H2/t11-,12?,13?,14?,15?,16?,17-,18+,19?,20-,21-,22?,23+,24+,25-/m0/s1. The van der Waals surface area contributed by atoms with Crippen molar-refractivity contribution >= 4 is 0 Å². The van der Waals surface area contributed by atoms with Gasteiger partial charge in [-0.1, -0.05) is 19.3 Å². The van der Waals surface area contributed by atoms with Crippen molar-refractivity contribution in [1.82, 2.24) is 0 Å². The van der Waals surface area contributed by atoms with Gasteiger partial charge in [0, 0.05) is 30.6 Å². The molecular weight excluding hydrogens is 526 g/mol. The molecule has 232 valence electrons. The normalized spacial score (nSPS) is 51.7. The zero-order valence-electron chi connectivity index (χ0n) is 22.9. The van der Waals surface area contributed by atoms with E-state index in [2.05, 4.69) is 0 Å². The number of ether oxygens (including phenoxy) is 5. The second-order valence-electron chi connectivity index (χ2n) is 12.5. The summed E-state index contributed by atoms with van der Waals surface area (Å²) in [5, 5.41) is 42.9. The van der Waals surface area contributed by atoms with Gasteiger partial charge in [0.25, 0.3) is 0 Å². The van der Waals surface area contributed by atoms with E-state index in [9.17, 15) is 20.4 Å². The number of hydrogen-bond acceptors (Lipinski definition) is 14. The lowest BCUT2D eigenvalue weighted by Gasteiger charge is -2.48. The lowest BCUT2D eigenvalue weighted by molar-refractivity contribution is -0.316. The molecule has 0 radical (unpaired) electrons. The number of hydrogen-bond donors (Lipinski definition) is 9. The molecule has 0 aromatic heterocycles. The zero-order chi connectivity index (χ0) is 28.8. The van der Waals surface area contributed by atoms with Crippen LogP contribution in [-0.4, -0.2) is 125 Å². The van der Waals surface area contributed by atoms with Crippen molar-refractivity contribution in [3.63, 3.8) is 0 Å². The van der Waals surface area contributed by atoms with Gasteiger partial charge < -0.3 is 72.8 Å². The SMILES string of the molecule is NCC1O[C@H](OC2C(N)CC(N)[C@@H](O[C@@H]3OC4COC5(CCCCC5)CC[C@@H]4C(N)[C@@H]3O)[C@H]2O)[C@@H](N)C(O)[C@@H]1O. The Morgan fingerprint density at radius 3 is 2.02 bits per heavy atom. The molecule has 15 atom stereocenters. The monoisotopic (exact) mass is 575 g/mol. The summed E-state index contributed by atoms with van der Waals surface area (Å²) >= 11 is 0. The summed E-state index contributed by atoms with van der Waals surface area (Å²) in [6, 6.07) is -3.14. The predicted octanol–water partition coefficient (Wildman–Crippen LogP) is -3.55. The average molecular weight is 576 g/mol. The summed E-state index contributed by atoms with van der Waals surface area (Å²) in [6.07, 6.45) is -3.41. The topological polar surface area (TPSA) is 257 Å². The molecule has 14 heteroatoms. The molecule has 14 N–H and O–H groups in total. The molecular formula is C26H49N5O9. The minimum absolute atomic E-state index is 0.0785. The van der Waals surface area contributed by atoms with Gasteiger partial charge in [-0.15, -0.1) is 0 Å². The summed E-state index contributed by atoms with van der Waals surface area (Å²) in [6.45, 7) is 0.277. The fraction of sp³-hybridized carbons (Fsp3) is 1.00. The first kappa shape index (κ1) is 30.9. The molecule has 5 fully saturated rings. The lowest BCUT2D eigenvalue weighted by atomic mass is 9.78. The third kappa shape index (κ3) is 5.95. The number of aliphatic hydroxyl groups is 4. The summed E-state index contributed by atoms with van der Waals surface area (Å²) in [5.41, 5.74) is 30.7. The molecule has 0 amide bonds. The van der Waals surface area contributed by atoms with Gasteiger partial charge in [0.1, 0.15) is 42.7 Å². The first-order valence-electron chi connectivity index (χ1n) is 14.8. The molecule has 1 spiro atoms. The van der Waals surface area contributed by atoms with E-state index < -0.39 is 79.5 Å². The Morgan fingerprint density at radius 2 is 1.38 bits per heavy atom. The van der Waals surface area contributed by atoms with E-state index in [-0.39, 0.29) is 30.6 Å². The van der Waals surface area contributed by atoms with Crippen molar-refractivity contribution in [2.24, 2.45) is 34.6 Å². The third-order valence-corrected chi connectivity index (χ3v) is 9.83. The molecule has 7 unspecified atom stereocenters. The first-order chi connectivity index (χ1) is 19.0. The van der Waals surface area contributed by atoms with Crippen LogP contribution in [0.4, 0.5) is 0 Å². The van der Waals surface area contributed by atoms with Crippen molar-refractivity contribution in [1.29, 1.82) is 0 Å². The van der Waals surface area contributed by atoms with Crippen LogP contribution in [0.15, 0.2) is 0 Å². The Morgan fingerprint density at radius 1 is 0.725 bits per heavy atom. The number of aliphatic hydroxyl groups excluding tert-OH is 4. The fourth-order valence-electron chi connectivity index (χ4n) is 7.26. The van der Waals surface area contributed by atoms with Gasteiger partial charge >= 0.3 is 0 Å². The summed E-state index contributed by atoms with van der Waals surface area (Å²) < 4.78 is 30.4. The largest absolute Gasteiger partial charge is 0.388 e. The number of rotatable bonds is 5. The highest BCUT2D eigenvalue weighted by atomic mass is 16.7. The second-order valence-corrected chi connectivity index (χ2v) is 12.5. The molecule has 3 aliphatic heterocycles. The van der Waals surface area contributed by atoms with E-state index in [1.54, 1.807) is 0 Å². The Hall–Kier alpha value is -0.560. The molecule has 3 heterocycles. The van der Waals surface area contributed by atoms with E-state index in [4.69, 9.17) is 52.4 Å². The van der Waals surface area contributed by atoms with Crippen LogP contribution in [0.25, 0.3) is 0 Å². The third-order valence-electron chi connectivity index (χ3n) is 9.83. The van der Waals surface area contributed by atoms with Crippen LogP contribution < -0.4 is 28.7 Å². The highest BCUT2D eigenvalue weighted by Gasteiger charge is 2.52. The van der Waals surface area contributed by atoms with Gasteiger partial charge in [-0.05, 0) is 32.1 Å². The van der Waals surface area contributed by atoms with Crippen molar-refractivity contribution in [2.45, 2.75) is 143 Å². The fourth-order valence-corrected chi connectivity index (χ4v) is 7.26. The average Bonchev–Trinajstić information content (AvgIpc) is 3.11. The molecule has 40 heavy (non-hydrogen) atoms. The summed E-state index contributed by atoms with van der Waals surface area (Å²) in [4.78, 5) is 0. The van der Waals surface area contributed by atoms with Crippen molar-refractivity contribution in [2.75, 3.05) is 13.2 Å². The minimum atomic E-state index is -1.35. The van der Waals surface area contributed by atoms with Crippen LogP contribution in [0, 0.1) is 5.92 Å². The van der Waals surface area contributed by atoms with Gasteiger partial charge in [0.2, 0.25) is 0 Å². The van der Waals surface area contributed by atoms with E-state index in [0.29, 0.717) is 6.61 Å². The van der Waals surface area contributed by atoms with Crippen LogP contribution in [0.2, 0.25) is 0 Å². The predicted molar refractivity (Wildman–Crippen MR) is 141 cm³/mol. The molecule has 14 nitrogen and oxygen atoms in total. The molecule has 0 aromatic rings. The molecule has 3 saturated heterocycles. The van der Waals surface area contributed by atoms with E-state index >= 15 is 0 Å². The van der Waals surface area contributed by atoms with Crippen molar-refractivity contribution in [3.05, 3.63) is 0 Å². The maximum absolute atomic E-state index is 11.3. The molecule has 0 bridgehead atoms. The van der Waals surface area contributed by atoms with Gasteiger partial charge in [-0.2, -0.15) is 0 Å². The molecule has 0 aromatic carbocycles. The molecule has 2 saturated carbocycles. The maximum Gasteiger partial charge on any atom is 0.185 e. The molecule has 2 aliphatic carbocycles. The highest BCUT2D eigenvalue weighted by Crippen LogP contribution is 2.42. The maximum atomic E-state index is 11.3. The van der Waals surface area contributed by atoms with Gasteiger partial charge in [-0.3, -0.25) is 0 Å². The highest BCUT2D eigenvalue weighted by molar-refractivity contribution is 5.02. The summed E-state index contributed by atoms with van der Waals surface area (Å²) in [5.74, 6) is -0.0900. The van der Waals surface area contributed by atoms with E-state index in [1.165, 1.54) is 6.42 Å². The smallest absolute Gasteiger partial charge is 0.185 e. The van der Waals surface area contributed by atoms with Crippen LogP contribution in [0.5, 0.6) is 0 Å². The van der Waals surface area contributed by atoms with Crippen LogP contribution in [0.3, 0.4) is 0 Å². The van der Waals surface area contributed by atoms with E-state index in [1.807, 2.05) is 0 Å². The van der Waals surface area contributed by atoms with Crippen LogP contribution >= 0.6 is 0 Å². The zero-order valence-corrected chi connectivity index (χ0v) is 22.9. The number of nitrogens with two attached hydrogens (primary N) is 5. The molecule has 5 aliphatic rings. The Kier molecular flexibility index (Phi) is 9.71. The van der Waals surface area contributed by atoms with Crippen molar-refractivity contribution in [3.8, 4) is 0 Å².